The monoisotopic (exact) mass is 533 g/mol. The van der Waals surface area contributed by atoms with Crippen LogP contribution in [0.4, 0.5) is 31.1 Å². The lowest BCUT2D eigenvalue weighted by atomic mass is 9.93. The summed E-state index contributed by atoms with van der Waals surface area (Å²) in [5.41, 5.74) is 2.20. The zero-order valence-corrected chi connectivity index (χ0v) is 19.7. The van der Waals surface area contributed by atoms with E-state index in [1.807, 2.05) is 6.08 Å². The van der Waals surface area contributed by atoms with Gasteiger partial charge in [-0.25, -0.2) is 9.18 Å². The Kier molecular flexibility index (Phi) is 6.77. The van der Waals surface area contributed by atoms with Crippen LogP contribution in [-0.4, -0.2) is 34.4 Å². The van der Waals surface area contributed by atoms with E-state index >= 15 is 0 Å². The first-order valence-electron chi connectivity index (χ1n) is 11.8. The number of carbonyl (C=O) groups is 1. The molecule has 0 spiro atoms. The normalized spacial score (nSPS) is 18.8. The van der Waals surface area contributed by atoms with Crippen molar-refractivity contribution in [2.75, 3.05) is 0 Å². The quantitative estimate of drug-likeness (QED) is 0.297. The van der Waals surface area contributed by atoms with Gasteiger partial charge in [-0.05, 0) is 59.7 Å². The summed E-state index contributed by atoms with van der Waals surface area (Å²) in [6, 6.07) is 11.0. The van der Waals surface area contributed by atoms with Crippen LogP contribution in [0, 0.1) is 17.7 Å². The number of carbonyl (C=O) groups excluding carboxylic acids is 1. The molecule has 11 heteroatoms. The largest absolute Gasteiger partial charge is 0.573 e. The number of benzene rings is 2. The fourth-order valence-corrected chi connectivity index (χ4v) is 5.01. The molecular weight excluding hydrogens is 512 g/mol. The van der Waals surface area contributed by atoms with Crippen LogP contribution in [0.25, 0.3) is 16.7 Å². The third-order valence-corrected chi connectivity index (χ3v) is 6.64. The minimum atomic E-state index is -4.78. The Bertz CT molecular complexity index is 1370. The Morgan fingerprint density at radius 1 is 0.974 bits per heavy atom. The summed E-state index contributed by atoms with van der Waals surface area (Å²) < 4.78 is 82.6. The highest BCUT2D eigenvalue weighted by atomic mass is 19.4. The van der Waals surface area contributed by atoms with Crippen LogP contribution in [0.5, 0.6) is 5.75 Å². The zero-order chi connectivity index (χ0) is 27.0. The van der Waals surface area contributed by atoms with Crippen LogP contribution in [0.2, 0.25) is 0 Å². The molecule has 1 aromatic heterocycles. The van der Waals surface area contributed by atoms with Gasteiger partial charge in [-0.2, -0.15) is 13.8 Å². The van der Waals surface area contributed by atoms with Gasteiger partial charge in [0.15, 0.2) is 0 Å². The van der Waals surface area contributed by atoms with Gasteiger partial charge < -0.3 is 15.0 Å². The Labute approximate surface area is 213 Å². The lowest BCUT2D eigenvalue weighted by Crippen LogP contribution is -2.48. The minimum absolute atomic E-state index is 0.0436. The highest BCUT2D eigenvalue weighted by molar-refractivity contribution is 5.79. The molecule has 2 amide bonds. The predicted octanol–water partition coefficient (Wildman–Crippen LogP) is 6.59. The lowest BCUT2D eigenvalue weighted by molar-refractivity contribution is -0.274. The number of nitrogens with zero attached hydrogens (tertiary/aromatic N) is 2. The first kappa shape index (κ1) is 25.6. The first-order valence-corrected chi connectivity index (χ1v) is 11.8. The highest BCUT2D eigenvalue weighted by Crippen LogP contribution is 2.39. The number of ether oxygens (including phenoxy) is 1. The van der Waals surface area contributed by atoms with Crippen molar-refractivity contribution < 1.29 is 35.9 Å². The van der Waals surface area contributed by atoms with Gasteiger partial charge in [0.25, 0.3) is 0 Å². The molecule has 2 aliphatic rings. The van der Waals surface area contributed by atoms with Crippen molar-refractivity contribution in [1.82, 2.24) is 15.2 Å². The van der Waals surface area contributed by atoms with E-state index in [-0.39, 0.29) is 41.5 Å². The third kappa shape index (κ3) is 5.61. The first-order chi connectivity index (χ1) is 18.1. The number of alkyl halides is 3. The number of halogens is 6. The van der Waals surface area contributed by atoms with E-state index in [4.69, 9.17) is 0 Å². The second kappa shape index (κ2) is 10.0. The molecule has 3 aromatic rings. The average molecular weight is 533 g/mol. The molecule has 3 heterocycles. The van der Waals surface area contributed by atoms with Crippen LogP contribution >= 0.6 is 0 Å². The second-order valence-electron chi connectivity index (χ2n) is 9.15. The maximum atomic E-state index is 14.9. The Hall–Kier alpha value is -4.02. The van der Waals surface area contributed by atoms with Gasteiger partial charge in [0.2, 0.25) is 11.9 Å². The number of hydrogen-bond acceptors (Lipinski definition) is 3. The molecule has 1 saturated heterocycles. The molecule has 2 aromatic carbocycles. The number of amides is 2. The molecule has 0 radical (unpaired) electrons. The maximum absolute atomic E-state index is 14.9. The van der Waals surface area contributed by atoms with Gasteiger partial charge in [0.1, 0.15) is 11.6 Å². The van der Waals surface area contributed by atoms with E-state index < -0.39 is 24.1 Å². The maximum Gasteiger partial charge on any atom is 0.573 e. The van der Waals surface area contributed by atoms with Crippen molar-refractivity contribution in [1.29, 1.82) is 0 Å². The summed E-state index contributed by atoms with van der Waals surface area (Å²) in [5, 5.41) is 2.80. The van der Waals surface area contributed by atoms with E-state index in [2.05, 4.69) is 15.0 Å². The molecule has 2 bridgehead atoms. The zero-order valence-electron chi connectivity index (χ0n) is 19.7. The van der Waals surface area contributed by atoms with Crippen molar-refractivity contribution in [3.05, 3.63) is 89.5 Å². The predicted molar refractivity (Wildman–Crippen MR) is 126 cm³/mol. The molecular formula is C27H21F6N3O2. The van der Waals surface area contributed by atoms with Crippen molar-refractivity contribution in [2.45, 2.75) is 44.3 Å². The Morgan fingerprint density at radius 2 is 1.68 bits per heavy atom. The van der Waals surface area contributed by atoms with Crippen LogP contribution in [0.3, 0.4) is 0 Å². The molecule has 1 N–H and O–H groups in total. The number of rotatable bonds is 5. The topological polar surface area (TPSA) is 54.5 Å². The summed E-state index contributed by atoms with van der Waals surface area (Å²) in [5.74, 6) is -3.06. The molecule has 1 fully saturated rings. The van der Waals surface area contributed by atoms with Gasteiger partial charge >= 0.3 is 12.4 Å². The molecule has 38 heavy (non-hydrogen) atoms. The van der Waals surface area contributed by atoms with Crippen LogP contribution in [0.1, 0.15) is 30.4 Å². The minimum Gasteiger partial charge on any atom is -0.406 e. The van der Waals surface area contributed by atoms with Gasteiger partial charge in [0.05, 0.1) is 6.04 Å². The van der Waals surface area contributed by atoms with Gasteiger partial charge in [-0.3, -0.25) is 0 Å². The summed E-state index contributed by atoms with van der Waals surface area (Å²) >= 11 is 0. The summed E-state index contributed by atoms with van der Waals surface area (Å²) in [7, 11) is 0. The summed E-state index contributed by atoms with van der Waals surface area (Å²) in [4.78, 5) is 17.7. The fraction of sp³-hybridized carbons (Fsp3) is 0.259. The van der Waals surface area contributed by atoms with Gasteiger partial charge in [-0.15, -0.1) is 13.2 Å². The van der Waals surface area contributed by atoms with E-state index in [9.17, 15) is 31.1 Å². The molecule has 0 saturated carbocycles. The Morgan fingerprint density at radius 3 is 2.32 bits per heavy atom. The van der Waals surface area contributed by atoms with Crippen molar-refractivity contribution in [3.8, 4) is 16.9 Å². The molecule has 198 valence electrons. The third-order valence-electron chi connectivity index (χ3n) is 6.64. The van der Waals surface area contributed by atoms with Crippen LogP contribution in [0.15, 0.2) is 60.7 Å². The second-order valence-corrected chi connectivity index (χ2v) is 9.15. The molecule has 5 rings (SSSR count). The van der Waals surface area contributed by atoms with Crippen molar-refractivity contribution in [3.63, 3.8) is 0 Å². The van der Waals surface area contributed by atoms with E-state index in [1.54, 1.807) is 11.0 Å². The highest BCUT2D eigenvalue weighted by Gasteiger charge is 2.39. The summed E-state index contributed by atoms with van der Waals surface area (Å²) in [6.07, 6.45) is -0.849. The van der Waals surface area contributed by atoms with Crippen molar-refractivity contribution in [2.24, 2.45) is 0 Å². The number of fused-ring (bicyclic) bond motifs is 2. The number of hydrogen-bond donors (Lipinski definition) is 1. The van der Waals surface area contributed by atoms with Crippen molar-refractivity contribution >= 4 is 11.6 Å². The molecule has 5 nitrogen and oxygen atoms in total. The SMILES string of the molecule is O=C(NCc1ccc(OC(F)(F)F)cc1)N1C2C=C(c3ccc(-c4cc(F)nc(F)c4)c(F)c3)CC1CC2. The molecule has 2 unspecified atom stereocenters. The molecule has 2 atom stereocenters. The van der Waals surface area contributed by atoms with Gasteiger partial charge in [0, 0.05) is 30.3 Å². The number of nitrogens with one attached hydrogen (secondary N) is 1. The molecule has 2 aliphatic heterocycles. The van der Waals surface area contributed by atoms with E-state index in [1.165, 1.54) is 36.4 Å². The van der Waals surface area contributed by atoms with Crippen LogP contribution < -0.4 is 10.1 Å². The average Bonchev–Trinajstić information content (AvgIpc) is 3.11. The standard InChI is InChI=1S/C27H21F6N3O2/c28-23-11-16(3-8-22(23)18-12-24(29)35-25(30)13-18)17-9-19-4-5-20(10-17)36(19)26(37)34-14-15-1-6-21(7-2-15)38-27(31,32)33/h1-3,6-9,11-13,19-20H,4-5,10,14H2,(H,34,37). The van der Waals surface area contributed by atoms with E-state index in [0.29, 0.717) is 17.5 Å². The Balaban J connectivity index is 1.25. The molecule has 0 aliphatic carbocycles. The van der Waals surface area contributed by atoms with Gasteiger partial charge in [-0.1, -0.05) is 30.3 Å². The fourth-order valence-electron chi connectivity index (χ4n) is 5.01. The number of aromatic nitrogens is 1. The lowest BCUT2D eigenvalue weighted by Gasteiger charge is -2.34. The summed E-state index contributed by atoms with van der Waals surface area (Å²) in [6.45, 7) is 0.126. The number of urea groups is 1. The van der Waals surface area contributed by atoms with Crippen LogP contribution in [-0.2, 0) is 6.54 Å². The number of pyridine rings is 1. The van der Waals surface area contributed by atoms with E-state index in [0.717, 1.165) is 30.5 Å². The smallest absolute Gasteiger partial charge is 0.406 e.